The average Bonchev–Trinajstić information content (AvgIpc) is 2.28. The largest absolute Gasteiger partial charge is 0.476 e. The average molecular weight is 265 g/mol. The van der Waals surface area contributed by atoms with Gasteiger partial charge in [-0.2, -0.15) is 4.99 Å². The second-order valence-corrected chi connectivity index (χ2v) is 4.76. The Morgan fingerprint density at radius 3 is 2.32 bits per heavy atom. The lowest BCUT2D eigenvalue weighted by Crippen LogP contribution is -2.11. The molecule has 0 heterocycles. The molecule has 0 unspecified atom stereocenters. The van der Waals surface area contributed by atoms with E-state index in [9.17, 15) is 0 Å². The lowest BCUT2D eigenvalue weighted by Gasteiger charge is -2.10. The van der Waals surface area contributed by atoms with Crippen molar-refractivity contribution in [3.63, 3.8) is 0 Å². The van der Waals surface area contributed by atoms with Crippen LogP contribution in [-0.4, -0.2) is 18.7 Å². The standard InChI is InChI=1S/C15H27N3O/c1-7-9-13(16)18-15(19-8-2)14(12(5)6)17-10-11(3)4/h9-11H,7-8,16H2,1-6H3/b13-9+,17-10?,18-15?. The van der Waals surface area contributed by atoms with Crippen LogP contribution in [0.3, 0.4) is 0 Å². The number of hydrogen-bond donors (Lipinski definition) is 1. The van der Waals surface area contributed by atoms with Gasteiger partial charge in [-0.1, -0.05) is 20.8 Å². The highest BCUT2D eigenvalue weighted by atomic mass is 16.5. The molecule has 108 valence electrons. The maximum absolute atomic E-state index is 5.83. The highest BCUT2D eigenvalue weighted by molar-refractivity contribution is 5.95. The van der Waals surface area contributed by atoms with Gasteiger partial charge in [0.2, 0.25) is 5.90 Å². The van der Waals surface area contributed by atoms with Gasteiger partial charge in [-0.25, -0.2) is 0 Å². The van der Waals surface area contributed by atoms with E-state index in [1.54, 1.807) is 0 Å². The Labute approximate surface area is 117 Å². The Balaban J connectivity index is 5.44. The highest BCUT2D eigenvalue weighted by Crippen LogP contribution is 2.11. The van der Waals surface area contributed by atoms with E-state index in [1.807, 2.05) is 40.0 Å². The molecule has 0 radical (unpaired) electrons. The summed E-state index contributed by atoms with van der Waals surface area (Å²) in [4.78, 5) is 8.79. The van der Waals surface area contributed by atoms with Crippen LogP contribution in [0.5, 0.6) is 0 Å². The van der Waals surface area contributed by atoms with Crippen LogP contribution in [-0.2, 0) is 4.74 Å². The molecule has 0 aromatic heterocycles. The van der Waals surface area contributed by atoms with E-state index < -0.39 is 0 Å². The zero-order valence-electron chi connectivity index (χ0n) is 13.0. The SMILES string of the molecule is CC/C=C(\N)N=C(OCC)C(N=CC(C)C)=C(C)C. The number of nitrogens with two attached hydrogens (primary N) is 1. The van der Waals surface area contributed by atoms with Crippen LogP contribution in [0.25, 0.3) is 0 Å². The topological polar surface area (TPSA) is 60.0 Å². The van der Waals surface area contributed by atoms with Gasteiger partial charge in [-0.3, -0.25) is 4.99 Å². The van der Waals surface area contributed by atoms with Gasteiger partial charge in [-0.05, 0) is 44.8 Å². The summed E-state index contributed by atoms with van der Waals surface area (Å²) in [5.74, 6) is 1.33. The maximum Gasteiger partial charge on any atom is 0.241 e. The van der Waals surface area contributed by atoms with Gasteiger partial charge in [0.15, 0.2) is 0 Å². The quantitative estimate of drug-likeness (QED) is 0.588. The summed E-state index contributed by atoms with van der Waals surface area (Å²) in [5.41, 5.74) is 7.63. The highest BCUT2D eigenvalue weighted by Gasteiger charge is 2.09. The van der Waals surface area contributed by atoms with Crippen molar-refractivity contribution >= 4 is 12.1 Å². The fourth-order valence-corrected chi connectivity index (χ4v) is 1.28. The fraction of sp³-hybridized carbons (Fsp3) is 0.600. The third-order valence-electron chi connectivity index (χ3n) is 2.10. The molecule has 19 heavy (non-hydrogen) atoms. The van der Waals surface area contributed by atoms with Crippen molar-refractivity contribution in [3.8, 4) is 0 Å². The number of allylic oxidation sites excluding steroid dienone is 2. The summed E-state index contributed by atoms with van der Waals surface area (Å²) in [6, 6.07) is 0. The van der Waals surface area contributed by atoms with E-state index in [-0.39, 0.29) is 0 Å². The molecule has 4 heteroatoms. The Bertz CT molecular complexity index is 386. The third kappa shape index (κ3) is 7.44. The van der Waals surface area contributed by atoms with Crippen molar-refractivity contribution in [3.05, 3.63) is 23.2 Å². The van der Waals surface area contributed by atoms with Gasteiger partial charge in [0, 0.05) is 6.21 Å². The second-order valence-electron chi connectivity index (χ2n) is 4.76. The molecular weight excluding hydrogens is 238 g/mol. The van der Waals surface area contributed by atoms with Crippen molar-refractivity contribution in [1.29, 1.82) is 0 Å². The number of aliphatic imine (C=N–C) groups is 2. The summed E-state index contributed by atoms with van der Waals surface area (Å²) in [6.07, 6.45) is 4.58. The first-order chi connectivity index (χ1) is 8.92. The zero-order valence-corrected chi connectivity index (χ0v) is 13.0. The molecule has 0 saturated heterocycles. The maximum atomic E-state index is 5.83. The molecule has 0 bridgehead atoms. The third-order valence-corrected chi connectivity index (χ3v) is 2.10. The second kappa shape index (κ2) is 9.36. The Hall–Kier alpha value is -1.58. The Morgan fingerprint density at radius 2 is 1.89 bits per heavy atom. The van der Waals surface area contributed by atoms with Crippen molar-refractivity contribution in [2.75, 3.05) is 6.61 Å². The minimum atomic E-state index is 0.376. The minimum Gasteiger partial charge on any atom is -0.476 e. The molecule has 0 aromatic carbocycles. The van der Waals surface area contributed by atoms with E-state index in [1.165, 1.54) is 0 Å². The van der Waals surface area contributed by atoms with Crippen LogP contribution in [0.2, 0.25) is 0 Å². The molecule has 4 nitrogen and oxygen atoms in total. The number of hydrogen-bond acceptors (Lipinski definition) is 4. The van der Waals surface area contributed by atoms with E-state index in [2.05, 4.69) is 23.8 Å². The van der Waals surface area contributed by atoms with E-state index in [0.717, 1.165) is 17.7 Å². The van der Waals surface area contributed by atoms with Crippen LogP contribution in [0.15, 0.2) is 33.2 Å². The van der Waals surface area contributed by atoms with Gasteiger partial charge < -0.3 is 10.5 Å². The Morgan fingerprint density at radius 1 is 1.26 bits per heavy atom. The summed E-state index contributed by atoms with van der Waals surface area (Å²) in [6.45, 7) is 12.6. The van der Waals surface area contributed by atoms with Crippen LogP contribution < -0.4 is 5.73 Å². The number of ether oxygens (including phenoxy) is 1. The summed E-state index contributed by atoms with van der Waals surface area (Å²) in [7, 11) is 0. The molecule has 0 aliphatic rings. The summed E-state index contributed by atoms with van der Waals surface area (Å²) in [5, 5.41) is 0. The molecule has 0 amide bonds. The smallest absolute Gasteiger partial charge is 0.241 e. The van der Waals surface area contributed by atoms with Gasteiger partial charge >= 0.3 is 0 Å². The van der Waals surface area contributed by atoms with Gasteiger partial charge in [0.1, 0.15) is 11.5 Å². The normalized spacial score (nSPS) is 13.2. The van der Waals surface area contributed by atoms with Crippen LogP contribution in [0, 0.1) is 5.92 Å². The van der Waals surface area contributed by atoms with Crippen LogP contribution >= 0.6 is 0 Å². The van der Waals surface area contributed by atoms with Crippen LogP contribution in [0.1, 0.15) is 48.0 Å². The molecular formula is C15H27N3O. The predicted octanol–water partition coefficient (Wildman–Crippen LogP) is 3.65. The van der Waals surface area contributed by atoms with Crippen molar-refractivity contribution in [2.24, 2.45) is 21.6 Å². The fourth-order valence-electron chi connectivity index (χ4n) is 1.28. The molecule has 2 N–H and O–H groups in total. The molecule has 0 aromatic rings. The van der Waals surface area contributed by atoms with Crippen molar-refractivity contribution in [1.82, 2.24) is 0 Å². The lowest BCUT2D eigenvalue weighted by atomic mass is 10.2. The molecule has 0 saturated carbocycles. The molecule has 0 aliphatic carbocycles. The first-order valence-electron chi connectivity index (χ1n) is 6.81. The molecule has 0 rings (SSSR count). The van der Waals surface area contributed by atoms with Crippen molar-refractivity contribution in [2.45, 2.75) is 48.0 Å². The lowest BCUT2D eigenvalue weighted by molar-refractivity contribution is 0.326. The van der Waals surface area contributed by atoms with Crippen molar-refractivity contribution < 1.29 is 4.74 Å². The van der Waals surface area contributed by atoms with E-state index in [4.69, 9.17) is 10.5 Å². The summed E-state index contributed by atoms with van der Waals surface area (Å²) < 4.78 is 5.57. The van der Waals surface area contributed by atoms with Gasteiger partial charge in [0.25, 0.3) is 0 Å². The Kier molecular flexibility index (Phi) is 8.58. The molecule has 0 spiro atoms. The van der Waals surface area contributed by atoms with E-state index >= 15 is 0 Å². The number of nitrogens with zero attached hydrogens (tertiary/aromatic N) is 2. The van der Waals surface area contributed by atoms with Gasteiger partial charge in [-0.15, -0.1) is 0 Å². The molecule has 0 aliphatic heterocycles. The number of rotatable bonds is 6. The van der Waals surface area contributed by atoms with Crippen LogP contribution in [0.4, 0.5) is 0 Å². The first-order valence-corrected chi connectivity index (χ1v) is 6.81. The minimum absolute atomic E-state index is 0.376. The zero-order chi connectivity index (χ0) is 14.8. The van der Waals surface area contributed by atoms with E-state index in [0.29, 0.717) is 24.2 Å². The van der Waals surface area contributed by atoms with Gasteiger partial charge in [0.05, 0.1) is 6.61 Å². The molecule has 0 atom stereocenters. The monoisotopic (exact) mass is 265 g/mol. The first kappa shape index (κ1) is 17.4. The predicted molar refractivity (Wildman–Crippen MR) is 83.3 cm³/mol. The molecule has 0 fully saturated rings. The summed E-state index contributed by atoms with van der Waals surface area (Å²) >= 11 is 0.